The Hall–Kier alpha value is -3.13. The molecule has 0 amide bonds. The first-order valence-corrected chi connectivity index (χ1v) is 9.86. The van der Waals surface area contributed by atoms with Gasteiger partial charge in [0.1, 0.15) is 18.1 Å². The fourth-order valence-corrected chi connectivity index (χ4v) is 2.26. The van der Waals surface area contributed by atoms with E-state index in [-0.39, 0.29) is 18.6 Å². The second-order valence-electron chi connectivity index (χ2n) is 6.51. The smallest absolute Gasteiger partial charge is 0.321 e. The molecule has 0 saturated carbocycles. The molecule has 1 aromatic carbocycles. The number of hydrogen-bond acceptors (Lipinski definition) is 8. The Balaban J connectivity index is 0.000000493. The zero-order chi connectivity index (χ0) is 24.8. The third-order valence-corrected chi connectivity index (χ3v) is 4.33. The third-order valence-electron chi connectivity index (χ3n) is 3.93. The van der Waals surface area contributed by atoms with Gasteiger partial charge in [0.05, 0.1) is 0 Å². The molecule has 3 atom stereocenters. The largest absolute Gasteiger partial charge is 0.481 e. The highest BCUT2D eigenvalue weighted by Crippen LogP contribution is 2.18. The van der Waals surface area contributed by atoms with Crippen molar-refractivity contribution in [3.05, 3.63) is 36.0 Å². The first-order valence-electron chi connectivity index (χ1n) is 9.23. The van der Waals surface area contributed by atoms with E-state index in [1.54, 1.807) is 0 Å². The first-order chi connectivity index (χ1) is 14.9. The number of para-hydroxylation sites is 1. The van der Waals surface area contributed by atoms with Gasteiger partial charge in [0.2, 0.25) is 0 Å². The summed E-state index contributed by atoms with van der Waals surface area (Å²) in [6.45, 7) is 0. The highest BCUT2D eigenvalue weighted by atomic mass is 32.1. The van der Waals surface area contributed by atoms with Gasteiger partial charge in [-0.05, 0) is 18.1 Å². The number of aliphatic carboxylic acids is 4. The molecule has 13 heteroatoms. The van der Waals surface area contributed by atoms with Crippen molar-refractivity contribution in [2.75, 3.05) is 5.75 Å². The minimum Gasteiger partial charge on any atom is -0.481 e. The topological polar surface area (TPSA) is 243 Å². The van der Waals surface area contributed by atoms with Crippen LogP contribution in [-0.2, 0) is 25.6 Å². The molecule has 0 bridgehead atoms. The van der Waals surface area contributed by atoms with Crippen LogP contribution in [0.1, 0.15) is 18.4 Å². The van der Waals surface area contributed by atoms with Gasteiger partial charge in [-0.1, -0.05) is 18.2 Å². The van der Waals surface area contributed by atoms with Crippen molar-refractivity contribution < 1.29 is 39.6 Å². The minimum absolute atomic E-state index is 0.0231. The maximum Gasteiger partial charge on any atom is 0.321 e. The van der Waals surface area contributed by atoms with Crippen molar-refractivity contribution in [1.29, 1.82) is 0 Å². The van der Waals surface area contributed by atoms with Gasteiger partial charge in [-0.2, -0.15) is 12.6 Å². The molecular weight excluding hydrogens is 444 g/mol. The number of aromatic amines is 1. The van der Waals surface area contributed by atoms with E-state index >= 15 is 0 Å². The number of fused-ring (bicyclic) bond motifs is 1. The molecule has 0 aliphatic rings. The molecule has 0 radical (unpaired) electrons. The maximum atomic E-state index is 10.6. The van der Waals surface area contributed by atoms with E-state index in [1.165, 1.54) is 0 Å². The van der Waals surface area contributed by atoms with Gasteiger partial charge in [-0.25, -0.2) is 0 Å². The van der Waals surface area contributed by atoms with Gasteiger partial charge in [0.25, 0.3) is 0 Å². The van der Waals surface area contributed by atoms with Gasteiger partial charge in [0.15, 0.2) is 0 Å². The molecule has 12 nitrogen and oxygen atoms in total. The van der Waals surface area contributed by atoms with Crippen molar-refractivity contribution in [2.24, 2.45) is 17.2 Å². The number of hydrogen-bond donors (Lipinski definition) is 9. The van der Waals surface area contributed by atoms with Crippen LogP contribution in [0.25, 0.3) is 10.9 Å². The summed E-state index contributed by atoms with van der Waals surface area (Å²) >= 11 is 3.65. The molecule has 178 valence electrons. The lowest BCUT2D eigenvalue weighted by molar-refractivity contribution is -0.140. The van der Waals surface area contributed by atoms with Gasteiger partial charge >= 0.3 is 23.9 Å². The van der Waals surface area contributed by atoms with E-state index in [1.807, 2.05) is 30.5 Å². The van der Waals surface area contributed by atoms with Gasteiger partial charge in [-0.15, -0.1) is 0 Å². The van der Waals surface area contributed by atoms with E-state index in [0.717, 1.165) is 16.5 Å². The number of nitrogens with two attached hydrogens (primary N) is 3. The summed E-state index contributed by atoms with van der Waals surface area (Å²) in [5.41, 5.74) is 17.4. The maximum absolute atomic E-state index is 10.6. The minimum atomic E-state index is -1.17. The zero-order valence-electron chi connectivity index (χ0n) is 17.0. The van der Waals surface area contributed by atoms with E-state index in [2.05, 4.69) is 17.6 Å². The lowest BCUT2D eigenvalue weighted by Crippen LogP contribution is -2.32. The van der Waals surface area contributed by atoms with Crippen LogP contribution < -0.4 is 17.2 Å². The second kappa shape index (κ2) is 14.8. The number of rotatable bonds is 9. The Labute approximate surface area is 188 Å². The van der Waals surface area contributed by atoms with E-state index < -0.39 is 42.0 Å². The normalized spacial score (nSPS) is 12.9. The molecule has 0 aliphatic heterocycles. The second-order valence-corrected chi connectivity index (χ2v) is 6.88. The Bertz CT molecular complexity index is 904. The predicted molar refractivity (Wildman–Crippen MR) is 120 cm³/mol. The number of thiol groups is 1. The molecule has 2 rings (SSSR count). The van der Waals surface area contributed by atoms with Crippen molar-refractivity contribution in [3.63, 3.8) is 0 Å². The Morgan fingerprint density at radius 2 is 1.41 bits per heavy atom. The van der Waals surface area contributed by atoms with Crippen LogP contribution >= 0.6 is 12.6 Å². The molecular formula is C19H28N4O8S. The molecule has 0 spiro atoms. The molecule has 2 aromatic rings. The summed E-state index contributed by atoms with van der Waals surface area (Å²) in [5, 5.41) is 34.0. The number of carboxylic acids is 4. The highest BCUT2D eigenvalue weighted by Gasteiger charge is 2.14. The highest BCUT2D eigenvalue weighted by molar-refractivity contribution is 7.80. The van der Waals surface area contributed by atoms with Crippen molar-refractivity contribution >= 4 is 47.4 Å². The summed E-state index contributed by atoms with van der Waals surface area (Å²) in [6, 6.07) is 5.04. The fourth-order valence-electron chi connectivity index (χ4n) is 2.11. The van der Waals surface area contributed by atoms with Crippen LogP contribution in [0.4, 0.5) is 0 Å². The van der Waals surface area contributed by atoms with Crippen LogP contribution in [0.5, 0.6) is 0 Å². The summed E-state index contributed by atoms with van der Waals surface area (Å²) in [4.78, 5) is 43.3. The van der Waals surface area contributed by atoms with E-state index in [0.29, 0.717) is 6.42 Å². The molecule has 1 heterocycles. The number of benzene rings is 1. The number of carbonyl (C=O) groups is 4. The fraction of sp³-hybridized carbons (Fsp3) is 0.368. The monoisotopic (exact) mass is 472 g/mol. The number of aromatic nitrogens is 1. The summed E-state index contributed by atoms with van der Waals surface area (Å²) in [6.07, 6.45) is 1.94. The quantitative estimate of drug-likeness (QED) is 0.215. The molecule has 1 aromatic heterocycles. The van der Waals surface area contributed by atoms with Crippen LogP contribution in [0.3, 0.4) is 0 Å². The van der Waals surface area contributed by atoms with Crippen molar-refractivity contribution in [2.45, 2.75) is 37.4 Å². The van der Waals surface area contributed by atoms with Crippen molar-refractivity contribution in [3.8, 4) is 0 Å². The van der Waals surface area contributed by atoms with Crippen LogP contribution in [0.2, 0.25) is 0 Å². The Kier molecular flexibility index (Phi) is 13.4. The number of nitrogens with one attached hydrogen (secondary N) is 1. The number of carboxylic acid groups (broad SMARTS) is 4. The summed E-state index contributed by atoms with van der Waals surface area (Å²) < 4.78 is 0. The molecule has 0 saturated heterocycles. The van der Waals surface area contributed by atoms with Crippen LogP contribution in [-0.4, -0.2) is 73.2 Å². The van der Waals surface area contributed by atoms with Gasteiger partial charge in [0, 0.05) is 35.7 Å². The number of H-pyrrole nitrogens is 1. The summed E-state index contributed by atoms with van der Waals surface area (Å²) in [5.74, 6) is -3.98. The molecule has 32 heavy (non-hydrogen) atoms. The third kappa shape index (κ3) is 11.3. The van der Waals surface area contributed by atoms with Crippen LogP contribution in [0.15, 0.2) is 30.5 Å². The van der Waals surface area contributed by atoms with E-state index in [9.17, 15) is 19.2 Å². The molecule has 0 fully saturated rings. The summed E-state index contributed by atoms with van der Waals surface area (Å²) in [7, 11) is 0. The molecule has 3 unspecified atom stereocenters. The molecule has 11 N–H and O–H groups in total. The van der Waals surface area contributed by atoms with E-state index in [4.69, 9.17) is 37.6 Å². The average molecular weight is 473 g/mol. The Morgan fingerprint density at radius 3 is 1.84 bits per heavy atom. The lowest BCUT2D eigenvalue weighted by Gasteiger charge is -2.04. The van der Waals surface area contributed by atoms with Crippen molar-refractivity contribution in [1.82, 2.24) is 4.98 Å². The standard InChI is InChI=1S/C11H12N2O2.C5H9NO4.C3H7NO2S/c12-9(11(14)15)5-7-6-13-10-4-2-1-3-8(7)10;6-3(5(9)10)1-2-4(7)8;4-2(1-7)3(5)6/h1-4,6,9,13H,5,12H2,(H,14,15);3H,1-2,6H2,(H,7,8)(H,9,10);2,7H,1,4H2,(H,5,6). The Morgan fingerprint density at radius 1 is 0.875 bits per heavy atom. The zero-order valence-corrected chi connectivity index (χ0v) is 17.9. The first kappa shape index (κ1) is 28.9. The average Bonchev–Trinajstić information content (AvgIpc) is 3.14. The SMILES string of the molecule is NC(CCC(=O)O)C(=O)O.NC(CS)C(=O)O.NC(Cc1c[nH]c2ccccc12)C(=O)O. The molecule has 0 aliphatic carbocycles. The van der Waals surface area contributed by atoms with Gasteiger partial charge < -0.3 is 42.6 Å². The van der Waals surface area contributed by atoms with Crippen LogP contribution in [0, 0.1) is 0 Å². The lowest BCUT2D eigenvalue weighted by atomic mass is 10.1. The van der Waals surface area contributed by atoms with Gasteiger partial charge in [-0.3, -0.25) is 19.2 Å². The predicted octanol–water partition coefficient (Wildman–Crippen LogP) is -0.286.